The van der Waals surface area contributed by atoms with Crippen molar-refractivity contribution in [3.63, 3.8) is 0 Å². The van der Waals surface area contributed by atoms with Crippen LogP contribution in [0, 0.1) is 0 Å². The molecule has 0 aliphatic carbocycles. The lowest BCUT2D eigenvalue weighted by Crippen LogP contribution is -2.44. The molecule has 0 bridgehead atoms. The van der Waals surface area contributed by atoms with Gasteiger partial charge in [-0.3, -0.25) is 9.59 Å². The fraction of sp³-hybridized carbons (Fsp3) is 0.207. The normalized spacial score (nSPS) is 13.7. The number of nitrogens with one attached hydrogen (secondary N) is 1. The number of ether oxygens (including phenoxy) is 5. The fourth-order valence-electron chi connectivity index (χ4n) is 4.07. The number of fused-ring (bicyclic) bond motifs is 1. The molecule has 1 amide bonds. The molecule has 3 aromatic carbocycles. The minimum Gasteiger partial charge on any atom is -0.493 e. The molecule has 1 heterocycles. The molecule has 202 valence electrons. The Labute approximate surface area is 224 Å². The number of carbonyl (C=O) groups excluding carboxylic acids is 2. The largest absolute Gasteiger partial charge is 0.493 e. The molecule has 1 aliphatic heterocycles. The van der Waals surface area contributed by atoms with Gasteiger partial charge in [0.15, 0.2) is 23.9 Å². The van der Waals surface area contributed by atoms with Gasteiger partial charge in [-0.05, 0) is 35.9 Å². The number of ketones is 1. The number of carbonyl (C=O) groups is 3. The smallest absolute Gasteiger partial charge is 0.326 e. The van der Waals surface area contributed by atoms with E-state index < -0.39 is 24.5 Å². The van der Waals surface area contributed by atoms with Crippen molar-refractivity contribution in [1.82, 2.24) is 5.32 Å². The Balaban J connectivity index is 1.43. The van der Waals surface area contributed by atoms with Gasteiger partial charge in [-0.2, -0.15) is 0 Å². The summed E-state index contributed by atoms with van der Waals surface area (Å²) in [5, 5.41) is 12.0. The molecule has 1 aliphatic rings. The van der Waals surface area contributed by atoms with Gasteiger partial charge in [-0.1, -0.05) is 30.3 Å². The van der Waals surface area contributed by atoms with Gasteiger partial charge < -0.3 is 34.1 Å². The molecule has 10 heteroatoms. The highest BCUT2D eigenvalue weighted by atomic mass is 16.5. The van der Waals surface area contributed by atoms with Gasteiger partial charge in [0.25, 0.3) is 5.91 Å². The number of aliphatic carboxylic acids is 1. The zero-order valence-corrected chi connectivity index (χ0v) is 21.6. The predicted molar refractivity (Wildman–Crippen MR) is 141 cm³/mol. The average molecular weight is 534 g/mol. The van der Waals surface area contributed by atoms with Crippen LogP contribution in [0.5, 0.6) is 28.7 Å². The molecule has 0 saturated carbocycles. The highest BCUT2D eigenvalue weighted by Gasteiger charge is 2.29. The molecule has 4 rings (SSSR count). The van der Waals surface area contributed by atoms with Gasteiger partial charge in [0.1, 0.15) is 17.5 Å². The number of amides is 1. The molecule has 0 spiro atoms. The summed E-state index contributed by atoms with van der Waals surface area (Å²) in [6, 6.07) is 15.8. The maximum Gasteiger partial charge on any atom is 0.326 e. The van der Waals surface area contributed by atoms with Crippen molar-refractivity contribution in [2.75, 3.05) is 27.9 Å². The molecule has 1 atom stereocenters. The number of methoxy groups -OCH3 is 3. The first-order chi connectivity index (χ1) is 18.8. The number of hydrogen-bond donors (Lipinski definition) is 2. The summed E-state index contributed by atoms with van der Waals surface area (Å²) in [6.07, 6.45) is 1.67. The van der Waals surface area contributed by atoms with Crippen LogP contribution in [0.3, 0.4) is 0 Å². The van der Waals surface area contributed by atoms with Crippen LogP contribution >= 0.6 is 0 Å². The van der Waals surface area contributed by atoms with E-state index in [1.165, 1.54) is 45.6 Å². The number of carboxylic acids is 1. The van der Waals surface area contributed by atoms with Crippen molar-refractivity contribution in [2.24, 2.45) is 0 Å². The first-order valence-electron chi connectivity index (χ1n) is 11.9. The summed E-state index contributed by atoms with van der Waals surface area (Å²) >= 11 is 0. The molecule has 0 saturated heterocycles. The fourth-order valence-corrected chi connectivity index (χ4v) is 4.07. The quantitative estimate of drug-likeness (QED) is 0.356. The number of carboxylic acid groups (broad SMARTS) is 1. The highest BCUT2D eigenvalue weighted by Crippen LogP contribution is 2.42. The monoisotopic (exact) mass is 533 g/mol. The van der Waals surface area contributed by atoms with E-state index in [0.29, 0.717) is 28.4 Å². The summed E-state index contributed by atoms with van der Waals surface area (Å²) < 4.78 is 27.5. The molecular weight excluding hydrogens is 506 g/mol. The topological polar surface area (TPSA) is 130 Å². The molecule has 3 aromatic rings. The lowest BCUT2D eigenvalue weighted by Gasteiger charge is -2.15. The van der Waals surface area contributed by atoms with Crippen LogP contribution in [0.25, 0.3) is 6.08 Å². The highest BCUT2D eigenvalue weighted by molar-refractivity contribution is 6.14. The minimum absolute atomic E-state index is 0.0654. The van der Waals surface area contributed by atoms with E-state index in [1.807, 2.05) is 6.07 Å². The van der Waals surface area contributed by atoms with Crippen molar-refractivity contribution >= 4 is 23.7 Å². The van der Waals surface area contributed by atoms with Crippen LogP contribution in [-0.4, -0.2) is 56.7 Å². The molecule has 10 nitrogen and oxygen atoms in total. The Kier molecular flexibility index (Phi) is 8.35. The zero-order chi connectivity index (χ0) is 27.9. The van der Waals surface area contributed by atoms with Crippen LogP contribution in [0.15, 0.2) is 66.4 Å². The van der Waals surface area contributed by atoms with Crippen molar-refractivity contribution in [1.29, 1.82) is 0 Å². The third-order valence-electron chi connectivity index (χ3n) is 5.95. The Morgan fingerprint density at radius 3 is 2.38 bits per heavy atom. The Hall–Kier alpha value is -4.99. The standard InChI is InChI=1S/C29H27NO9/c1-35-22-12-9-18(27(36-2)28(22)37-3)14-24-26(32)20-11-10-19(15-23(20)39-24)38-16-25(31)30-21(29(33)34)13-17-7-5-4-6-8-17/h4-12,14-15,21H,13,16H2,1-3H3,(H,30,31)(H,33,34). The second-order valence-electron chi connectivity index (χ2n) is 8.46. The second kappa shape index (κ2) is 12.0. The van der Waals surface area contributed by atoms with Crippen LogP contribution in [0.4, 0.5) is 0 Å². The molecule has 0 aromatic heterocycles. The zero-order valence-electron chi connectivity index (χ0n) is 21.6. The van der Waals surface area contributed by atoms with E-state index in [2.05, 4.69) is 5.32 Å². The lowest BCUT2D eigenvalue weighted by atomic mass is 10.1. The molecule has 39 heavy (non-hydrogen) atoms. The van der Waals surface area contributed by atoms with Gasteiger partial charge in [0, 0.05) is 18.1 Å². The summed E-state index contributed by atoms with van der Waals surface area (Å²) in [7, 11) is 4.47. The van der Waals surface area contributed by atoms with Gasteiger partial charge in [0.2, 0.25) is 11.5 Å². The number of rotatable bonds is 11. The average Bonchev–Trinajstić information content (AvgIpc) is 3.25. The van der Waals surface area contributed by atoms with E-state index in [9.17, 15) is 19.5 Å². The second-order valence-corrected chi connectivity index (χ2v) is 8.46. The van der Waals surface area contributed by atoms with Crippen molar-refractivity contribution in [2.45, 2.75) is 12.5 Å². The van der Waals surface area contributed by atoms with Crippen molar-refractivity contribution in [3.05, 3.63) is 83.1 Å². The predicted octanol–water partition coefficient (Wildman–Crippen LogP) is 3.52. The summed E-state index contributed by atoms with van der Waals surface area (Å²) in [5.41, 5.74) is 1.65. The maximum absolute atomic E-state index is 12.9. The maximum atomic E-state index is 12.9. The Bertz CT molecular complexity index is 1420. The van der Waals surface area contributed by atoms with Crippen LogP contribution in [-0.2, 0) is 16.0 Å². The molecule has 1 unspecified atom stereocenters. The summed E-state index contributed by atoms with van der Waals surface area (Å²) in [5.74, 6) is -0.267. The van der Waals surface area contributed by atoms with Crippen LogP contribution in [0.2, 0.25) is 0 Å². The van der Waals surface area contributed by atoms with E-state index >= 15 is 0 Å². The Morgan fingerprint density at radius 2 is 1.72 bits per heavy atom. The van der Waals surface area contributed by atoms with Crippen molar-refractivity contribution in [3.8, 4) is 28.7 Å². The number of hydrogen-bond acceptors (Lipinski definition) is 8. The third-order valence-corrected chi connectivity index (χ3v) is 5.95. The van der Waals surface area contributed by atoms with E-state index in [1.54, 1.807) is 36.4 Å². The van der Waals surface area contributed by atoms with Gasteiger partial charge in [-0.15, -0.1) is 0 Å². The van der Waals surface area contributed by atoms with Gasteiger partial charge in [-0.25, -0.2) is 4.79 Å². The van der Waals surface area contributed by atoms with Crippen molar-refractivity contribution < 1.29 is 43.2 Å². The summed E-state index contributed by atoms with van der Waals surface area (Å²) in [4.78, 5) is 36.9. The number of Topliss-reactive ketones (excluding diaryl/α,β-unsaturated/α-hetero) is 1. The number of benzene rings is 3. The molecule has 0 radical (unpaired) electrons. The van der Waals surface area contributed by atoms with E-state index in [4.69, 9.17) is 23.7 Å². The van der Waals surface area contributed by atoms with E-state index in [-0.39, 0.29) is 29.5 Å². The van der Waals surface area contributed by atoms with E-state index in [0.717, 1.165) is 5.56 Å². The molecular formula is C29H27NO9. The first kappa shape index (κ1) is 27.1. The third kappa shape index (κ3) is 6.12. The lowest BCUT2D eigenvalue weighted by molar-refractivity contribution is -0.142. The van der Waals surface area contributed by atoms with Crippen LogP contribution < -0.4 is 29.0 Å². The molecule has 0 fully saturated rings. The van der Waals surface area contributed by atoms with Gasteiger partial charge >= 0.3 is 5.97 Å². The van der Waals surface area contributed by atoms with Gasteiger partial charge in [0.05, 0.1) is 26.9 Å². The van der Waals surface area contributed by atoms with Crippen LogP contribution in [0.1, 0.15) is 21.5 Å². The molecule has 2 N–H and O–H groups in total. The Morgan fingerprint density at radius 1 is 0.974 bits per heavy atom. The first-order valence-corrected chi connectivity index (χ1v) is 11.9. The summed E-state index contributed by atoms with van der Waals surface area (Å²) in [6.45, 7) is -0.420. The SMILES string of the molecule is COc1ccc(C=C2Oc3cc(OCC(=O)NC(Cc4ccccc4)C(=O)O)ccc3C2=O)c(OC)c1OC. The minimum atomic E-state index is -1.15. The number of allylic oxidation sites excluding steroid dienone is 1.